The SMILES string of the molecule is Cc1cc(-c2nn(-c3ccccc3)c(N)c2C)ccc1Cl. The van der Waals surface area contributed by atoms with Crippen LogP contribution in [0.3, 0.4) is 0 Å². The average Bonchev–Trinajstić information content (AvgIpc) is 2.79. The highest BCUT2D eigenvalue weighted by molar-refractivity contribution is 6.31. The van der Waals surface area contributed by atoms with Gasteiger partial charge in [0, 0.05) is 16.1 Å². The Bertz CT molecular complexity index is 791. The van der Waals surface area contributed by atoms with Gasteiger partial charge in [0.25, 0.3) is 0 Å². The summed E-state index contributed by atoms with van der Waals surface area (Å²) in [6.45, 7) is 3.97. The highest BCUT2D eigenvalue weighted by Gasteiger charge is 2.15. The number of aryl methyl sites for hydroxylation is 1. The minimum atomic E-state index is 0.656. The second-order valence-electron chi connectivity index (χ2n) is 5.07. The van der Waals surface area contributed by atoms with Crippen LogP contribution < -0.4 is 5.73 Å². The predicted octanol–water partition coefficient (Wildman–Crippen LogP) is 4.39. The van der Waals surface area contributed by atoms with Gasteiger partial charge in [0.15, 0.2) is 0 Å². The Morgan fingerprint density at radius 2 is 1.76 bits per heavy atom. The van der Waals surface area contributed by atoms with Gasteiger partial charge in [-0.1, -0.05) is 35.9 Å². The smallest absolute Gasteiger partial charge is 0.130 e. The summed E-state index contributed by atoms with van der Waals surface area (Å²) in [7, 11) is 0. The van der Waals surface area contributed by atoms with E-state index < -0.39 is 0 Å². The fourth-order valence-corrected chi connectivity index (χ4v) is 2.46. The molecular weight excluding hydrogens is 282 g/mol. The van der Waals surface area contributed by atoms with E-state index in [9.17, 15) is 0 Å². The second-order valence-corrected chi connectivity index (χ2v) is 5.48. The number of para-hydroxylation sites is 1. The lowest BCUT2D eigenvalue weighted by Crippen LogP contribution is -2.01. The van der Waals surface area contributed by atoms with Crippen molar-refractivity contribution in [2.75, 3.05) is 5.73 Å². The predicted molar refractivity (Wildman–Crippen MR) is 87.9 cm³/mol. The van der Waals surface area contributed by atoms with Crippen molar-refractivity contribution in [1.82, 2.24) is 9.78 Å². The molecule has 2 aromatic carbocycles. The van der Waals surface area contributed by atoms with E-state index in [1.54, 1.807) is 4.68 Å². The van der Waals surface area contributed by atoms with Gasteiger partial charge in [-0.25, -0.2) is 4.68 Å². The number of hydrogen-bond acceptors (Lipinski definition) is 2. The zero-order valence-corrected chi connectivity index (χ0v) is 12.7. The molecule has 0 aliphatic heterocycles. The molecule has 0 saturated carbocycles. The minimum Gasteiger partial charge on any atom is -0.383 e. The van der Waals surface area contributed by atoms with Crippen molar-refractivity contribution >= 4 is 17.4 Å². The normalized spacial score (nSPS) is 10.8. The van der Waals surface area contributed by atoms with Crippen molar-refractivity contribution in [3.63, 3.8) is 0 Å². The Morgan fingerprint density at radius 1 is 1.05 bits per heavy atom. The Balaban J connectivity index is 2.15. The minimum absolute atomic E-state index is 0.656. The molecule has 0 bridgehead atoms. The van der Waals surface area contributed by atoms with Crippen LogP contribution in [0.2, 0.25) is 5.02 Å². The first-order chi connectivity index (χ1) is 10.1. The first-order valence-electron chi connectivity index (χ1n) is 6.75. The average molecular weight is 298 g/mol. The van der Waals surface area contributed by atoms with E-state index in [0.717, 1.165) is 33.1 Å². The van der Waals surface area contributed by atoms with Crippen LogP contribution in [0.1, 0.15) is 11.1 Å². The first kappa shape index (κ1) is 13.7. The maximum atomic E-state index is 6.22. The number of hydrogen-bond donors (Lipinski definition) is 1. The molecule has 0 aliphatic rings. The molecule has 0 fully saturated rings. The molecule has 3 rings (SSSR count). The first-order valence-corrected chi connectivity index (χ1v) is 7.13. The number of benzene rings is 2. The standard InChI is InChI=1S/C17H16ClN3/c1-11-10-13(8-9-15(11)18)16-12(2)17(19)21(20-16)14-6-4-3-5-7-14/h3-10H,19H2,1-2H3. The maximum absolute atomic E-state index is 6.22. The highest BCUT2D eigenvalue weighted by atomic mass is 35.5. The largest absolute Gasteiger partial charge is 0.383 e. The Morgan fingerprint density at radius 3 is 2.43 bits per heavy atom. The fourth-order valence-electron chi connectivity index (χ4n) is 2.34. The van der Waals surface area contributed by atoms with Crippen LogP contribution in [0, 0.1) is 13.8 Å². The zero-order valence-electron chi connectivity index (χ0n) is 12.0. The molecule has 21 heavy (non-hydrogen) atoms. The highest BCUT2D eigenvalue weighted by Crippen LogP contribution is 2.30. The van der Waals surface area contributed by atoms with Gasteiger partial charge in [0.05, 0.1) is 11.4 Å². The van der Waals surface area contributed by atoms with E-state index in [0.29, 0.717) is 5.82 Å². The van der Waals surface area contributed by atoms with Crippen LogP contribution in [0.25, 0.3) is 16.9 Å². The van der Waals surface area contributed by atoms with Crippen molar-refractivity contribution in [2.45, 2.75) is 13.8 Å². The summed E-state index contributed by atoms with van der Waals surface area (Å²) in [4.78, 5) is 0. The molecule has 0 spiro atoms. The molecule has 0 unspecified atom stereocenters. The summed E-state index contributed by atoms with van der Waals surface area (Å²) < 4.78 is 1.77. The van der Waals surface area contributed by atoms with Gasteiger partial charge in [-0.3, -0.25) is 0 Å². The summed E-state index contributed by atoms with van der Waals surface area (Å²) in [5.41, 5.74) is 11.1. The van der Waals surface area contributed by atoms with E-state index in [-0.39, 0.29) is 0 Å². The van der Waals surface area contributed by atoms with Crippen LogP contribution in [0.4, 0.5) is 5.82 Å². The van der Waals surface area contributed by atoms with Gasteiger partial charge < -0.3 is 5.73 Å². The number of rotatable bonds is 2. The Labute approximate surface area is 129 Å². The summed E-state index contributed by atoms with van der Waals surface area (Å²) >= 11 is 6.09. The molecule has 0 amide bonds. The summed E-state index contributed by atoms with van der Waals surface area (Å²) in [5, 5.41) is 5.43. The van der Waals surface area contributed by atoms with Crippen LogP contribution in [0.5, 0.6) is 0 Å². The lowest BCUT2D eigenvalue weighted by Gasteiger charge is -2.03. The molecule has 0 atom stereocenters. The topological polar surface area (TPSA) is 43.8 Å². The van der Waals surface area contributed by atoms with E-state index in [1.165, 1.54) is 0 Å². The Hall–Kier alpha value is -2.26. The van der Waals surface area contributed by atoms with Crippen molar-refractivity contribution in [3.05, 3.63) is 64.7 Å². The number of aromatic nitrogens is 2. The lowest BCUT2D eigenvalue weighted by molar-refractivity contribution is 0.895. The van der Waals surface area contributed by atoms with Gasteiger partial charge >= 0.3 is 0 Å². The van der Waals surface area contributed by atoms with Crippen LogP contribution >= 0.6 is 11.6 Å². The van der Waals surface area contributed by atoms with E-state index in [1.807, 2.05) is 62.4 Å². The molecular formula is C17H16ClN3. The molecule has 4 heteroatoms. The molecule has 106 valence electrons. The zero-order chi connectivity index (χ0) is 15.0. The van der Waals surface area contributed by atoms with Crippen molar-refractivity contribution < 1.29 is 0 Å². The third-order valence-electron chi connectivity index (χ3n) is 3.60. The molecule has 2 N–H and O–H groups in total. The number of nitrogen functional groups attached to an aromatic ring is 1. The van der Waals surface area contributed by atoms with Crippen LogP contribution in [-0.4, -0.2) is 9.78 Å². The fraction of sp³-hybridized carbons (Fsp3) is 0.118. The number of halogens is 1. The number of anilines is 1. The lowest BCUT2D eigenvalue weighted by atomic mass is 10.1. The van der Waals surface area contributed by atoms with Crippen LogP contribution in [-0.2, 0) is 0 Å². The number of nitrogens with two attached hydrogens (primary N) is 1. The van der Waals surface area contributed by atoms with E-state index >= 15 is 0 Å². The summed E-state index contributed by atoms with van der Waals surface area (Å²) in [5.74, 6) is 0.656. The van der Waals surface area contributed by atoms with Crippen molar-refractivity contribution in [1.29, 1.82) is 0 Å². The Kier molecular flexibility index (Phi) is 3.43. The molecule has 1 aromatic heterocycles. The second kappa shape index (κ2) is 5.26. The molecule has 3 nitrogen and oxygen atoms in total. The number of nitrogens with zero attached hydrogens (tertiary/aromatic N) is 2. The van der Waals surface area contributed by atoms with E-state index in [2.05, 4.69) is 5.10 Å². The third kappa shape index (κ3) is 2.41. The van der Waals surface area contributed by atoms with Gasteiger partial charge in [-0.15, -0.1) is 0 Å². The van der Waals surface area contributed by atoms with Crippen LogP contribution in [0.15, 0.2) is 48.5 Å². The van der Waals surface area contributed by atoms with Gasteiger partial charge in [-0.05, 0) is 43.7 Å². The summed E-state index contributed by atoms with van der Waals surface area (Å²) in [6.07, 6.45) is 0. The van der Waals surface area contributed by atoms with Crippen molar-refractivity contribution in [3.8, 4) is 16.9 Å². The third-order valence-corrected chi connectivity index (χ3v) is 4.02. The monoisotopic (exact) mass is 297 g/mol. The molecule has 0 radical (unpaired) electrons. The van der Waals surface area contributed by atoms with E-state index in [4.69, 9.17) is 17.3 Å². The van der Waals surface area contributed by atoms with Crippen molar-refractivity contribution in [2.24, 2.45) is 0 Å². The molecule has 1 heterocycles. The summed E-state index contributed by atoms with van der Waals surface area (Å²) in [6, 6.07) is 15.8. The van der Waals surface area contributed by atoms with Gasteiger partial charge in [0.2, 0.25) is 0 Å². The van der Waals surface area contributed by atoms with Gasteiger partial charge in [0.1, 0.15) is 5.82 Å². The maximum Gasteiger partial charge on any atom is 0.130 e. The quantitative estimate of drug-likeness (QED) is 0.762. The molecule has 0 aliphatic carbocycles. The molecule has 3 aromatic rings. The van der Waals surface area contributed by atoms with Gasteiger partial charge in [-0.2, -0.15) is 5.10 Å². The molecule has 0 saturated heterocycles.